The molecule has 0 spiro atoms. The van der Waals surface area contributed by atoms with Gasteiger partial charge in [-0.25, -0.2) is 12.7 Å². The second kappa shape index (κ2) is 3.29. The topological polar surface area (TPSA) is 37.4 Å². The van der Waals surface area contributed by atoms with Crippen LogP contribution in [0.4, 0.5) is 0 Å². The number of piperidine rings is 1. The maximum absolute atomic E-state index is 11.0. The molecule has 0 bridgehead atoms. The predicted molar refractivity (Wildman–Crippen MR) is 45.3 cm³/mol. The van der Waals surface area contributed by atoms with E-state index in [0.717, 1.165) is 12.8 Å². The molecule has 1 atom stereocenters. The number of hydrogen-bond acceptors (Lipinski definition) is 2. The average molecular weight is 198 g/mol. The summed E-state index contributed by atoms with van der Waals surface area (Å²) in [6.07, 6.45) is 3.02. The zero-order valence-electron chi connectivity index (χ0n) is 6.46. The van der Waals surface area contributed by atoms with Crippen LogP contribution in [0.1, 0.15) is 12.8 Å². The van der Waals surface area contributed by atoms with Crippen LogP contribution in [0.15, 0.2) is 0 Å². The van der Waals surface area contributed by atoms with Crippen LogP contribution in [-0.4, -0.2) is 37.4 Å². The Balaban J connectivity index is 2.60. The van der Waals surface area contributed by atoms with Gasteiger partial charge in [-0.15, -0.1) is 11.6 Å². The van der Waals surface area contributed by atoms with Gasteiger partial charge in [-0.3, -0.25) is 0 Å². The first-order valence-electron chi connectivity index (χ1n) is 3.59. The van der Waals surface area contributed by atoms with Crippen molar-refractivity contribution in [2.24, 2.45) is 0 Å². The molecule has 66 valence electrons. The molecule has 0 unspecified atom stereocenters. The van der Waals surface area contributed by atoms with Crippen molar-refractivity contribution in [2.45, 2.75) is 18.2 Å². The van der Waals surface area contributed by atoms with Crippen LogP contribution < -0.4 is 0 Å². The van der Waals surface area contributed by atoms with E-state index in [9.17, 15) is 8.42 Å². The molecule has 0 aliphatic carbocycles. The zero-order valence-corrected chi connectivity index (χ0v) is 8.03. The maximum atomic E-state index is 11.0. The van der Waals surface area contributed by atoms with Crippen LogP contribution in [0, 0.1) is 0 Å². The lowest BCUT2D eigenvalue weighted by molar-refractivity contribution is 0.353. The van der Waals surface area contributed by atoms with E-state index in [-0.39, 0.29) is 5.38 Å². The largest absolute Gasteiger partial charge is 0.213 e. The molecule has 0 aromatic carbocycles. The Hall–Kier alpha value is 0.200. The van der Waals surface area contributed by atoms with Gasteiger partial charge in [0.25, 0.3) is 0 Å². The molecule has 0 aromatic rings. The number of nitrogens with zero attached hydrogens (tertiary/aromatic N) is 1. The van der Waals surface area contributed by atoms with Crippen molar-refractivity contribution in [3.8, 4) is 0 Å². The molecule has 0 radical (unpaired) electrons. The highest BCUT2D eigenvalue weighted by Gasteiger charge is 2.23. The Morgan fingerprint density at radius 2 is 2.18 bits per heavy atom. The van der Waals surface area contributed by atoms with Crippen LogP contribution in [0.3, 0.4) is 0 Å². The van der Waals surface area contributed by atoms with E-state index in [4.69, 9.17) is 11.6 Å². The van der Waals surface area contributed by atoms with E-state index >= 15 is 0 Å². The fraction of sp³-hybridized carbons (Fsp3) is 1.00. The standard InChI is InChI=1S/C6H12ClNO2S/c1-11(9,10)8-4-2-3-6(7)5-8/h6H,2-5H2,1H3/t6-/m1/s1. The first kappa shape index (κ1) is 9.29. The zero-order chi connectivity index (χ0) is 8.48. The van der Waals surface area contributed by atoms with Crippen molar-refractivity contribution >= 4 is 21.6 Å². The molecule has 1 rings (SSSR count). The van der Waals surface area contributed by atoms with Crippen LogP contribution in [-0.2, 0) is 10.0 Å². The monoisotopic (exact) mass is 197 g/mol. The molecule has 0 aromatic heterocycles. The Morgan fingerprint density at radius 3 is 2.55 bits per heavy atom. The van der Waals surface area contributed by atoms with Gasteiger partial charge in [0.1, 0.15) is 0 Å². The van der Waals surface area contributed by atoms with E-state index < -0.39 is 10.0 Å². The van der Waals surface area contributed by atoms with Gasteiger partial charge >= 0.3 is 0 Å². The molecule has 0 N–H and O–H groups in total. The SMILES string of the molecule is CS(=O)(=O)N1CCC[C@@H](Cl)C1. The van der Waals surface area contributed by atoms with Gasteiger partial charge in [-0.05, 0) is 12.8 Å². The first-order valence-corrected chi connectivity index (χ1v) is 5.88. The minimum atomic E-state index is -3.01. The normalized spacial score (nSPS) is 28.7. The number of sulfonamides is 1. The number of hydrogen-bond donors (Lipinski definition) is 0. The van der Waals surface area contributed by atoms with Gasteiger partial charge in [-0.2, -0.15) is 0 Å². The molecule has 5 heteroatoms. The number of alkyl halides is 1. The molecule has 1 saturated heterocycles. The Kier molecular flexibility index (Phi) is 2.78. The lowest BCUT2D eigenvalue weighted by atomic mass is 10.2. The first-order chi connectivity index (χ1) is 5.00. The summed E-state index contributed by atoms with van der Waals surface area (Å²) in [5, 5.41) is -0.00141. The highest BCUT2D eigenvalue weighted by Crippen LogP contribution is 2.16. The molecule has 0 saturated carbocycles. The minimum absolute atomic E-state index is 0.00141. The fourth-order valence-corrected chi connectivity index (χ4v) is 2.51. The summed E-state index contributed by atoms with van der Waals surface area (Å²) in [5.41, 5.74) is 0. The third-order valence-electron chi connectivity index (χ3n) is 1.80. The molecular weight excluding hydrogens is 186 g/mol. The van der Waals surface area contributed by atoms with E-state index in [1.165, 1.54) is 10.6 Å². The van der Waals surface area contributed by atoms with Crippen molar-refractivity contribution < 1.29 is 8.42 Å². The Labute approximate surface area is 72.4 Å². The molecule has 1 heterocycles. The van der Waals surface area contributed by atoms with Gasteiger partial charge < -0.3 is 0 Å². The fourth-order valence-electron chi connectivity index (χ4n) is 1.19. The highest BCUT2D eigenvalue weighted by molar-refractivity contribution is 7.88. The molecule has 1 fully saturated rings. The van der Waals surface area contributed by atoms with Crippen molar-refractivity contribution in [1.29, 1.82) is 0 Å². The second-order valence-corrected chi connectivity index (χ2v) is 5.46. The summed E-state index contributed by atoms with van der Waals surface area (Å²) in [4.78, 5) is 0. The smallest absolute Gasteiger partial charge is 0.211 e. The van der Waals surface area contributed by atoms with E-state index in [1.807, 2.05) is 0 Å². The quantitative estimate of drug-likeness (QED) is 0.579. The van der Waals surface area contributed by atoms with Crippen molar-refractivity contribution in [2.75, 3.05) is 19.3 Å². The average Bonchev–Trinajstić information content (AvgIpc) is 1.86. The molecule has 3 nitrogen and oxygen atoms in total. The van der Waals surface area contributed by atoms with Crippen LogP contribution >= 0.6 is 11.6 Å². The lowest BCUT2D eigenvalue weighted by Crippen LogP contribution is -2.39. The lowest BCUT2D eigenvalue weighted by Gasteiger charge is -2.27. The molecule has 0 amide bonds. The Bertz CT molecular complexity index is 227. The van der Waals surface area contributed by atoms with Crippen molar-refractivity contribution in [1.82, 2.24) is 4.31 Å². The summed E-state index contributed by atoms with van der Waals surface area (Å²) in [7, 11) is -3.01. The second-order valence-electron chi connectivity index (χ2n) is 2.86. The number of halogens is 1. The third kappa shape index (κ3) is 2.61. The van der Waals surface area contributed by atoms with Gasteiger partial charge in [0.2, 0.25) is 10.0 Å². The van der Waals surface area contributed by atoms with Gasteiger partial charge in [0, 0.05) is 18.5 Å². The van der Waals surface area contributed by atoms with E-state index in [1.54, 1.807) is 0 Å². The van der Waals surface area contributed by atoms with Crippen molar-refractivity contribution in [3.63, 3.8) is 0 Å². The molecule has 1 aliphatic rings. The van der Waals surface area contributed by atoms with Gasteiger partial charge in [-0.1, -0.05) is 0 Å². The summed E-state index contributed by atoms with van der Waals surface area (Å²) in [6.45, 7) is 1.10. The minimum Gasteiger partial charge on any atom is -0.213 e. The van der Waals surface area contributed by atoms with Crippen molar-refractivity contribution in [3.05, 3.63) is 0 Å². The van der Waals surface area contributed by atoms with E-state index in [0.29, 0.717) is 13.1 Å². The van der Waals surface area contributed by atoms with Crippen LogP contribution in [0.2, 0.25) is 0 Å². The summed E-state index contributed by atoms with van der Waals surface area (Å²) < 4.78 is 23.4. The van der Waals surface area contributed by atoms with Crippen LogP contribution in [0.25, 0.3) is 0 Å². The molecule has 1 aliphatic heterocycles. The van der Waals surface area contributed by atoms with Gasteiger partial charge in [0.05, 0.1) is 6.26 Å². The molecule has 11 heavy (non-hydrogen) atoms. The Morgan fingerprint density at radius 1 is 1.55 bits per heavy atom. The summed E-state index contributed by atoms with van der Waals surface area (Å²) >= 11 is 5.81. The number of rotatable bonds is 1. The van der Waals surface area contributed by atoms with E-state index in [2.05, 4.69) is 0 Å². The third-order valence-corrected chi connectivity index (χ3v) is 3.42. The van der Waals surface area contributed by atoms with Crippen LogP contribution in [0.5, 0.6) is 0 Å². The predicted octanol–water partition coefficient (Wildman–Crippen LogP) is 0.649. The summed E-state index contributed by atoms with van der Waals surface area (Å²) in [5.74, 6) is 0. The summed E-state index contributed by atoms with van der Waals surface area (Å²) in [6, 6.07) is 0. The molecular formula is C6H12ClNO2S. The maximum Gasteiger partial charge on any atom is 0.211 e. The van der Waals surface area contributed by atoms with Gasteiger partial charge in [0.15, 0.2) is 0 Å². The highest BCUT2D eigenvalue weighted by atomic mass is 35.5.